The molecule has 0 bridgehead atoms. The molecule has 0 atom stereocenters. The number of furan rings is 1. The number of aromatic nitrogens is 4. The maximum atomic E-state index is 12.4. The Hall–Kier alpha value is -2.90. The lowest BCUT2D eigenvalue weighted by Crippen LogP contribution is -2.27. The van der Waals surface area contributed by atoms with Gasteiger partial charge in [0.15, 0.2) is 0 Å². The number of aryl methyl sites for hydroxylation is 3. The molecular formula is C15H17N5O3. The molecule has 1 amide bonds. The highest BCUT2D eigenvalue weighted by atomic mass is 16.3. The van der Waals surface area contributed by atoms with Gasteiger partial charge in [0.1, 0.15) is 17.5 Å². The van der Waals surface area contributed by atoms with E-state index in [0.717, 1.165) is 6.42 Å². The Balaban J connectivity index is 1.74. The van der Waals surface area contributed by atoms with E-state index in [2.05, 4.69) is 15.4 Å². The van der Waals surface area contributed by atoms with E-state index in [0.29, 0.717) is 18.8 Å². The monoisotopic (exact) mass is 315 g/mol. The second-order valence-electron chi connectivity index (χ2n) is 5.25. The predicted octanol–water partition coefficient (Wildman–Crippen LogP) is 0.852. The molecule has 0 aliphatic carbocycles. The van der Waals surface area contributed by atoms with Crippen molar-refractivity contribution < 1.29 is 9.21 Å². The largest absolute Gasteiger partial charge is 0.442 e. The Labute approximate surface area is 131 Å². The molecule has 3 rings (SSSR count). The van der Waals surface area contributed by atoms with Crippen molar-refractivity contribution in [2.24, 2.45) is 7.05 Å². The van der Waals surface area contributed by atoms with Crippen LogP contribution in [0, 0.1) is 6.92 Å². The second-order valence-corrected chi connectivity index (χ2v) is 5.25. The summed E-state index contributed by atoms with van der Waals surface area (Å²) in [5.74, 6) is 0.0622. The van der Waals surface area contributed by atoms with E-state index in [1.165, 1.54) is 10.9 Å². The zero-order valence-electron chi connectivity index (χ0n) is 12.9. The smallest absolute Gasteiger partial charge is 0.265 e. The number of rotatable bonds is 5. The minimum Gasteiger partial charge on any atom is -0.442 e. The van der Waals surface area contributed by atoms with Gasteiger partial charge in [0.25, 0.3) is 11.5 Å². The highest BCUT2D eigenvalue weighted by Gasteiger charge is 2.21. The molecule has 120 valence electrons. The van der Waals surface area contributed by atoms with E-state index in [1.807, 2.05) is 12.3 Å². The molecule has 23 heavy (non-hydrogen) atoms. The number of nitrogens with zero attached hydrogens (tertiary/aromatic N) is 4. The molecule has 0 radical (unpaired) electrons. The zero-order chi connectivity index (χ0) is 16.4. The van der Waals surface area contributed by atoms with E-state index in [1.54, 1.807) is 24.9 Å². The van der Waals surface area contributed by atoms with Crippen LogP contribution in [0.25, 0.3) is 11.1 Å². The van der Waals surface area contributed by atoms with E-state index < -0.39 is 0 Å². The van der Waals surface area contributed by atoms with E-state index in [9.17, 15) is 9.59 Å². The van der Waals surface area contributed by atoms with Crippen molar-refractivity contribution in [1.29, 1.82) is 0 Å². The first-order chi connectivity index (χ1) is 11.1. The Bertz CT molecular complexity index is 892. The quantitative estimate of drug-likeness (QED) is 0.704. The number of fused-ring (bicyclic) bond motifs is 1. The van der Waals surface area contributed by atoms with E-state index >= 15 is 0 Å². The molecule has 1 N–H and O–H groups in total. The first-order valence-electron chi connectivity index (χ1n) is 7.28. The number of hydrogen-bond acceptors (Lipinski definition) is 5. The van der Waals surface area contributed by atoms with Crippen LogP contribution < -0.4 is 10.9 Å². The summed E-state index contributed by atoms with van der Waals surface area (Å²) in [4.78, 5) is 28.7. The van der Waals surface area contributed by atoms with Gasteiger partial charge in [0, 0.05) is 32.5 Å². The minimum atomic E-state index is -0.327. The molecule has 0 fully saturated rings. The van der Waals surface area contributed by atoms with E-state index in [-0.39, 0.29) is 28.1 Å². The third-order valence-electron chi connectivity index (χ3n) is 3.58. The fraction of sp³-hybridized carbons (Fsp3) is 0.333. The zero-order valence-corrected chi connectivity index (χ0v) is 12.9. The summed E-state index contributed by atoms with van der Waals surface area (Å²) in [6, 6.07) is 1.85. The average Bonchev–Trinajstić information content (AvgIpc) is 3.14. The average molecular weight is 315 g/mol. The summed E-state index contributed by atoms with van der Waals surface area (Å²) in [6.45, 7) is 2.84. The molecule has 0 spiro atoms. The highest BCUT2D eigenvalue weighted by molar-refractivity contribution is 6.06. The van der Waals surface area contributed by atoms with Crippen molar-refractivity contribution in [3.05, 3.63) is 46.5 Å². The minimum absolute atomic E-state index is 0.187. The van der Waals surface area contributed by atoms with Gasteiger partial charge < -0.3 is 14.3 Å². The molecule has 3 aromatic heterocycles. The highest BCUT2D eigenvalue weighted by Crippen LogP contribution is 2.20. The molecule has 0 aliphatic rings. The van der Waals surface area contributed by atoms with Crippen LogP contribution in [0.1, 0.15) is 22.5 Å². The van der Waals surface area contributed by atoms with Crippen LogP contribution in [-0.4, -0.2) is 31.8 Å². The number of carbonyl (C=O) groups is 1. The van der Waals surface area contributed by atoms with Gasteiger partial charge in [0.2, 0.25) is 5.71 Å². The Morgan fingerprint density at radius 2 is 2.26 bits per heavy atom. The van der Waals surface area contributed by atoms with E-state index in [4.69, 9.17) is 4.42 Å². The van der Waals surface area contributed by atoms with Gasteiger partial charge in [-0.25, -0.2) is 4.98 Å². The molecule has 0 saturated heterocycles. The summed E-state index contributed by atoms with van der Waals surface area (Å²) in [7, 11) is 1.59. The van der Waals surface area contributed by atoms with Gasteiger partial charge >= 0.3 is 0 Å². The van der Waals surface area contributed by atoms with Gasteiger partial charge in [-0.2, -0.15) is 5.10 Å². The number of nitrogens with one attached hydrogen (secondary N) is 1. The predicted molar refractivity (Wildman–Crippen MR) is 83.2 cm³/mol. The van der Waals surface area contributed by atoms with Crippen molar-refractivity contribution in [2.75, 3.05) is 6.54 Å². The Morgan fingerprint density at radius 1 is 1.43 bits per heavy atom. The van der Waals surface area contributed by atoms with Crippen LogP contribution in [0.3, 0.4) is 0 Å². The van der Waals surface area contributed by atoms with Crippen molar-refractivity contribution in [1.82, 2.24) is 24.6 Å². The standard InChI is InChI=1S/C15H17N5O3/c1-10-11(12-14(23-10)17-9-19(2)15(12)22)13(21)16-5-3-7-20-8-4-6-18-20/h4,6,8-9H,3,5,7H2,1-2H3,(H,16,21). The van der Waals surface area contributed by atoms with Crippen molar-refractivity contribution in [3.8, 4) is 0 Å². The fourth-order valence-electron chi connectivity index (χ4n) is 2.42. The maximum absolute atomic E-state index is 12.4. The first kappa shape index (κ1) is 15.0. The van der Waals surface area contributed by atoms with Crippen molar-refractivity contribution in [2.45, 2.75) is 19.9 Å². The second kappa shape index (κ2) is 6.07. The SMILES string of the molecule is Cc1oc2ncn(C)c(=O)c2c1C(=O)NCCCn1cccn1. The Kier molecular flexibility index (Phi) is 3.96. The molecular weight excluding hydrogens is 298 g/mol. The van der Waals surface area contributed by atoms with Crippen LogP contribution in [0.2, 0.25) is 0 Å². The topological polar surface area (TPSA) is 95.0 Å². The number of hydrogen-bond donors (Lipinski definition) is 1. The van der Waals surface area contributed by atoms with Crippen molar-refractivity contribution in [3.63, 3.8) is 0 Å². The van der Waals surface area contributed by atoms with Gasteiger partial charge in [-0.05, 0) is 19.4 Å². The molecule has 3 aromatic rings. The molecule has 0 aromatic carbocycles. The molecule has 0 aliphatic heterocycles. The van der Waals surface area contributed by atoms with Crippen molar-refractivity contribution >= 4 is 17.0 Å². The number of amides is 1. The molecule has 8 heteroatoms. The lowest BCUT2D eigenvalue weighted by Gasteiger charge is -2.05. The van der Waals surface area contributed by atoms with Gasteiger partial charge in [-0.3, -0.25) is 14.3 Å². The van der Waals surface area contributed by atoms with Crippen LogP contribution in [0.5, 0.6) is 0 Å². The first-order valence-corrected chi connectivity index (χ1v) is 7.28. The fourth-order valence-corrected chi connectivity index (χ4v) is 2.42. The Morgan fingerprint density at radius 3 is 3.00 bits per heavy atom. The third kappa shape index (κ3) is 2.87. The van der Waals surface area contributed by atoms with Gasteiger partial charge in [-0.15, -0.1) is 0 Å². The summed E-state index contributed by atoms with van der Waals surface area (Å²) in [6.07, 6.45) is 5.69. The molecule has 0 saturated carbocycles. The lowest BCUT2D eigenvalue weighted by molar-refractivity contribution is 0.0952. The summed E-state index contributed by atoms with van der Waals surface area (Å²) >= 11 is 0. The van der Waals surface area contributed by atoms with Crippen LogP contribution in [0.4, 0.5) is 0 Å². The molecule has 8 nitrogen and oxygen atoms in total. The molecule has 0 unspecified atom stereocenters. The maximum Gasteiger partial charge on any atom is 0.265 e. The summed E-state index contributed by atoms with van der Waals surface area (Å²) < 4.78 is 8.54. The van der Waals surface area contributed by atoms with Crippen LogP contribution >= 0.6 is 0 Å². The normalized spacial score (nSPS) is 11.0. The number of carbonyl (C=O) groups excluding carboxylic acids is 1. The van der Waals surface area contributed by atoms with Gasteiger partial charge in [0.05, 0.1) is 5.56 Å². The van der Waals surface area contributed by atoms with Crippen LogP contribution in [0.15, 0.2) is 34.0 Å². The lowest BCUT2D eigenvalue weighted by atomic mass is 10.2. The summed E-state index contributed by atoms with van der Waals surface area (Å²) in [5, 5.41) is 7.13. The third-order valence-corrected chi connectivity index (χ3v) is 3.58. The van der Waals surface area contributed by atoms with Crippen LogP contribution in [-0.2, 0) is 13.6 Å². The summed E-state index contributed by atoms with van der Waals surface area (Å²) in [5.41, 5.74) is 0.147. The molecule has 3 heterocycles. The van der Waals surface area contributed by atoms with Gasteiger partial charge in [-0.1, -0.05) is 0 Å².